The van der Waals surface area contributed by atoms with Crippen LogP contribution < -0.4 is 10.5 Å². The molecule has 0 aliphatic carbocycles. The van der Waals surface area contributed by atoms with Crippen molar-refractivity contribution >= 4 is 11.6 Å². The first-order valence-electron chi connectivity index (χ1n) is 7.43. The summed E-state index contributed by atoms with van der Waals surface area (Å²) in [5.74, 6) is 1.32. The highest BCUT2D eigenvalue weighted by Crippen LogP contribution is 2.26. The molecule has 118 valence electrons. The number of nitrogens with two attached hydrogens (primary N) is 1. The van der Waals surface area contributed by atoms with Crippen LogP contribution in [0.5, 0.6) is 5.75 Å². The molecule has 2 unspecified atom stereocenters. The number of aromatic nitrogens is 2. The molecule has 0 fully saturated rings. The summed E-state index contributed by atoms with van der Waals surface area (Å²) in [5, 5.41) is 0.250. The Hall–Kier alpha value is -1.65. The third-order valence-electron chi connectivity index (χ3n) is 3.39. The van der Waals surface area contributed by atoms with Crippen LogP contribution in [-0.2, 0) is 0 Å². The van der Waals surface area contributed by atoms with Crippen LogP contribution in [0.25, 0.3) is 11.3 Å². The minimum absolute atomic E-state index is 0.199. The summed E-state index contributed by atoms with van der Waals surface area (Å²) in [6, 6.07) is 8.04. The van der Waals surface area contributed by atoms with Crippen molar-refractivity contribution in [3.63, 3.8) is 0 Å². The van der Waals surface area contributed by atoms with Gasteiger partial charge in [-0.1, -0.05) is 6.92 Å². The number of nitrogens with zero attached hydrogens (tertiary/aromatic N) is 2. The van der Waals surface area contributed by atoms with Crippen LogP contribution in [0.4, 0.5) is 0 Å². The van der Waals surface area contributed by atoms with Crippen molar-refractivity contribution in [3.05, 3.63) is 41.3 Å². The van der Waals surface area contributed by atoms with Gasteiger partial charge in [0.1, 0.15) is 5.75 Å². The first-order chi connectivity index (χ1) is 10.5. The van der Waals surface area contributed by atoms with Gasteiger partial charge in [-0.25, -0.2) is 9.97 Å². The number of benzene rings is 1. The minimum Gasteiger partial charge on any atom is -0.493 e. The molecule has 2 aromatic rings. The molecule has 2 rings (SSSR count). The van der Waals surface area contributed by atoms with Gasteiger partial charge in [-0.05, 0) is 67.6 Å². The Labute approximate surface area is 136 Å². The number of rotatable bonds is 6. The van der Waals surface area contributed by atoms with Gasteiger partial charge in [-0.2, -0.15) is 0 Å². The van der Waals surface area contributed by atoms with Gasteiger partial charge in [0.25, 0.3) is 0 Å². The fraction of sp³-hybridized carbons (Fsp3) is 0.412. The van der Waals surface area contributed by atoms with Crippen molar-refractivity contribution in [2.24, 2.45) is 11.7 Å². The fourth-order valence-corrected chi connectivity index (χ4v) is 2.55. The second kappa shape index (κ2) is 7.56. The van der Waals surface area contributed by atoms with Crippen LogP contribution in [-0.4, -0.2) is 22.6 Å². The van der Waals surface area contributed by atoms with E-state index in [9.17, 15) is 0 Å². The monoisotopic (exact) mass is 319 g/mol. The van der Waals surface area contributed by atoms with Crippen LogP contribution in [0.2, 0.25) is 5.28 Å². The van der Waals surface area contributed by atoms with Gasteiger partial charge < -0.3 is 10.5 Å². The molecule has 2 N–H and O–H groups in total. The molecule has 4 nitrogen and oxygen atoms in total. The summed E-state index contributed by atoms with van der Waals surface area (Å²) >= 11 is 5.83. The van der Waals surface area contributed by atoms with E-state index in [0.717, 1.165) is 29.0 Å². The SMILES string of the molecule is Cc1cc(-c2ccnc(Cl)n2)ccc1OCC(C)CC(C)N. The summed E-state index contributed by atoms with van der Waals surface area (Å²) in [7, 11) is 0. The Morgan fingerprint density at radius 1 is 1.27 bits per heavy atom. The van der Waals surface area contributed by atoms with Crippen LogP contribution in [0.1, 0.15) is 25.8 Å². The molecule has 0 saturated carbocycles. The smallest absolute Gasteiger partial charge is 0.222 e. The van der Waals surface area contributed by atoms with Gasteiger partial charge in [-0.3, -0.25) is 0 Å². The Morgan fingerprint density at radius 2 is 2.05 bits per heavy atom. The lowest BCUT2D eigenvalue weighted by atomic mass is 10.0. The average molecular weight is 320 g/mol. The molecule has 0 bridgehead atoms. The van der Waals surface area contributed by atoms with E-state index in [1.165, 1.54) is 0 Å². The lowest BCUT2D eigenvalue weighted by molar-refractivity contribution is 0.245. The maximum Gasteiger partial charge on any atom is 0.222 e. The lowest BCUT2D eigenvalue weighted by Gasteiger charge is -2.16. The predicted molar refractivity (Wildman–Crippen MR) is 90.1 cm³/mol. The second-order valence-electron chi connectivity index (χ2n) is 5.82. The van der Waals surface area contributed by atoms with Crippen molar-refractivity contribution < 1.29 is 4.74 Å². The van der Waals surface area contributed by atoms with Crippen molar-refractivity contribution in [3.8, 4) is 17.0 Å². The molecule has 1 heterocycles. The number of halogens is 1. The summed E-state index contributed by atoms with van der Waals surface area (Å²) < 4.78 is 5.90. The topological polar surface area (TPSA) is 61.0 Å². The number of ether oxygens (including phenoxy) is 1. The van der Waals surface area contributed by atoms with E-state index >= 15 is 0 Å². The lowest BCUT2D eigenvalue weighted by Crippen LogP contribution is -2.21. The van der Waals surface area contributed by atoms with E-state index in [1.807, 2.05) is 38.1 Å². The van der Waals surface area contributed by atoms with E-state index < -0.39 is 0 Å². The normalized spacial score (nSPS) is 13.7. The molecule has 2 atom stereocenters. The van der Waals surface area contributed by atoms with Crippen LogP contribution >= 0.6 is 11.6 Å². The molecule has 0 aliphatic rings. The molecule has 0 spiro atoms. The van der Waals surface area contributed by atoms with Gasteiger partial charge in [0, 0.05) is 17.8 Å². The van der Waals surface area contributed by atoms with E-state index in [1.54, 1.807) is 6.20 Å². The Kier molecular flexibility index (Phi) is 5.75. The maximum atomic E-state index is 5.90. The Balaban J connectivity index is 2.07. The van der Waals surface area contributed by atoms with E-state index in [4.69, 9.17) is 22.1 Å². The van der Waals surface area contributed by atoms with Crippen LogP contribution in [0.3, 0.4) is 0 Å². The Bertz CT molecular complexity index is 631. The summed E-state index contributed by atoms with van der Waals surface area (Å²) in [6.45, 7) is 6.86. The van der Waals surface area contributed by atoms with Gasteiger partial charge in [0.2, 0.25) is 5.28 Å². The highest BCUT2D eigenvalue weighted by Gasteiger charge is 2.09. The second-order valence-corrected chi connectivity index (χ2v) is 6.16. The largest absolute Gasteiger partial charge is 0.493 e. The zero-order valence-electron chi connectivity index (χ0n) is 13.2. The molecule has 1 aromatic heterocycles. The number of hydrogen-bond acceptors (Lipinski definition) is 4. The standard InChI is InChI=1S/C17H22ClN3O/c1-11(8-13(3)19)10-22-16-5-4-14(9-12(16)2)15-6-7-20-17(18)21-15/h4-7,9,11,13H,8,10,19H2,1-3H3. The third-order valence-corrected chi connectivity index (χ3v) is 3.58. The minimum atomic E-state index is 0.199. The number of hydrogen-bond donors (Lipinski definition) is 1. The third kappa shape index (κ3) is 4.68. The zero-order chi connectivity index (χ0) is 16.1. The molecule has 0 amide bonds. The Morgan fingerprint density at radius 3 is 2.68 bits per heavy atom. The average Bonchev–Trinajstić information content (AvgIpc) is 2.45. The van der Waals surface area contributed by atoms with Crippen molar-refractivity contribution in [2.45, 2.75) is 33.2 Å². The molecule has 0 radical (unpaired) electrons. The highest BCUT2D eigenvalue weighted by molar-refractivity contribution is 6.28. The summed E-state index contributed by atoms with van der Waals surface area (Å²) in [5.41, 5.74) is 8.68. The van der Waals surface area contributed by atoms with Gasteiger partial charge in [0.05, 0.1) is 12.3 Å². The van der Waals surface area contributed by atoms with Gasteiger partial charge in [0.15, 0.2) is 0 Å². The molecular weight excluding hydrogens is 298 g/mol. The maximum absolute atomic E-state index is 5.90. The molecule has 1 aromatic carbocycles. The van der Waals surface area contributed by atoms with Gasteiger partial charge in [-0.15, -0.1) is 0 Å². The van der Waals surface area contributed by atoms with Crippen molar-refractivity contribution in [2.75, 3.05) is 6.61 Å². The van der Waals surface area contributed by atoms with Crippen LogP contribution in [0.15, 0.2) is 30.5 Å². The van der Waals surface area contributed by atoms with E-state index in [-0.39, 0.29) is 11.3 Å². The molecule has 0 aliphatic heterocycles. The van der Waals surface area contributed by atoms with Crippen LogP contribution in [0, 0.1) is 12.8 Å². The first-order valence-corrected chi connectivity index (χ1v) is 7.81. The summed E-state index contributed by atoms with van der Waals surface area (Å²) in [4.78, 5) is 8.12. The first kappa shape index (κ1) is 16.7. The van der Waals surface area contributed by atoms with E-state index in [2.05, 4.69) is 16.9 Å². The van der Waals surface area contributed by atoms with Crippen molar-refractivity contribution in [1.29, 1.82) is 0 Å². The fourth-order valence-electron chi connectivity index (χ4n) is 2.40. The van der Waals surface area contributed by atoms with E-state index in [0.29, 0.717) is 12.5 Å². The highest BCUT2D eigenvalue weighted by atomic mass is 35.5. The van der Waals surface area contributed by atoms with Crippen molar-refractivity contribution in [1.82, 2.24) is 9.97 Å². The number of aryl methyl sites for hydroxylation is 1. The predicted octanol–water partition coefficient (Wildman–Crippen LogP) is 3.86. The quantitative estimate of drug-likeness (QED) is 0.821. The summed E-state index contributed by atoms with van der Waals surface area (Å²) in [6.07, 6.45) is 2.61. The molecular formula is C17H22ClN3O. The molecule has 22 heavy (non-hydrogen) atoms. The molecule has 0 saturated heterocycles. The zero-order valence-corrected chi connectivity index (χ0v) is 14.0. The molecule has 5 heteroatoms. The van der Waals surface area contributed by atoms with Gasteiger partial charge >= 0.3 is 0 Å².